The molecule has 3 N–H and O–H groups in total. The molecule has 0 unspecified atom stereocenters. The highest BCUT2D eigenvalue weighted by molar-refractivity contribution is 7.17. The minimum atomic E-state index is -0.402. The van der Waals surface area contributed by atoms with Crippen molar-refractivity contribution in [1.82, 2.24) is 5.32 Å². The molecule has 1 aromatic carbocycles. The number of amides is 2. The highest BCUT2D eigenvalue weighted by Crippen LogP contribution is 2.39. The van der Waals surface area contributed by atoms with Crippen LogP contribution in [0.25, 0.3) is 0 Å². The quantitative estimate of drug-likeness (QED) is 0.356. The average molecular weight is 480 g/mol. The number of aryl methyl sites for hydroxylation is 1. The van der Waals surface area contributed by atoms with E-state index in [-0.39, 0.29) is 30.0 Å². The summed E-state index contributed by atoms with van der Waals surface area (Å²) in [5, 5.41) is 9.32. The number of nitrogens with one attached hydrogen (secondary N) is 3. The first-order chi connectivity index (χ1) is 15.4. The Morgan fingerprint density at radius 1 is 1.22 bits per heavy atom. The Morgan fingerprint density at radius 2 is 2.03 bits per heavy atom. The van der Waals surface area contributed by atoms with Gasteiger partial charge in [0.15, 0.2) is 0 Å². The summed E-state index contributed by atoms with van der Waals surface area (Å²) in [5.41, 5.74) is 2.40. The summed E-state index contributed by atoms with van der Waals surface area (Å²) in [6.07, 6.45) is 2.73. The molecule has 3 rings (SSSR count). The monoisotopic (exact) mass is 479 g/mol. The van der Waals surface area contributed by atoms with Crippen LogP contribution in [0, 0.1) is 0 Å². The van der Waals surface area contributed by atoms with Crippen molar-refractivity contribution in [3.63, 3.8) is 0 Å². The minimum absolute atomic E-state index is 0.0272. The number of thiophene rings is 1. The van der Waals surface area contributed by atoms with Gasteiger partial charge in [-0.05, 0) is 49.9 Å². The molecule has 0 spiro atoms. The molecule has 1 aromatic heterocycles. The predicted octanol–water partition coefficient (Wildman–Crippen LogP) is 3.49. The number of ether oxygens (including phenoxy) is 2. The molecular weight excluding hydrogens is 454 g/mol. The molecule has 2 aromatic rings. The first-order valence-electron chi connectivity index (χ1n) is 10.4. The van der Waals surface area contributed by atoms with Crippen LogP contribution in [0.15, 0.2) is 18.2 Å². The standard InChI is InChI=1S/C22H26ClN3O5S/c1-3-31-22(29)19-15-5-4-6-17(15)32-21(19)26-18(27)12-25-13-7-8-14(16(23)11-13)20(28)24-9-10-30-2/h7-8,11,25H,3-6,9-10,12H2,1-2H3,(H,24,28)(H,26,27). The summed E-state index contributed by atoms with van der Waals surface area (Å²) in [6.45, 7) is 2.79. The molecule has 10 heteroatoms. The lowest BCUT2D eigenvalue weighted by atomic mass is 10.1. The van der Waals surface area contributed by atoms with Gasteiger partial charge < -0.3 is 25.4 Å². The third kappa shape index (κ3) is 5.79. The summed E-state index contributed by atoms with van der Waals surface area (Å²) in [4.78, 5) is 38.2. The zero-order valence-corrected chi connectivity index (χ0v) is 19.6. The molecule has 172 valence electrons. The number of carbonyl (C=O) groups is 3. The van der Waals surface area contributed by atoms with Crippen LogP contribution in [-0.4, -0.2) is 51.2 Å². The second-order valence-electron chi connectivity index (χ2n) is 7.13. The van der Waals surface area contributed by atoms with Gasteiger partial charge in [-0.2, -0.15) is 0 Å². The molecule has 8 nitrogen and oxygen atoms in total. The van der Waals surface area contributed by atoms with E-state index in [1.165, 1.54) is 11.3 Å². The molecule has 0 bridgehead atoms. The maximum Gasteiger partial charge on any atom is 0.341 e. The van der Waals surface area contributed by atoms with Crippen molar-refractivity contribution in [3.05, 3.63) is 44.8 Å². The van der Waals surface area contributed by atoms with Gasteiger partial charge in [-0.3, -0.25) is 9.59 Å². The molecule has 0 atom stereocenters. The summed E-state index contributed by atoms with van der Waals surface area (Å²) in [7, 11) is 1.55. The van der Waals surface area contributed by atoms with Crippen LogP contribution in [0.3, 0.4) is 0 Å². The van der Waals surface area contributed by atoms with Crippen LogP contribution < -0.4 is 16.0 Å². The maximum absolute atomic E-state index is 12.5. The summed E-state index contributed by atoms with van der Waals surface area (Å²) in [6, 6.07) is 4.85. The Balaban J connectivity index is 1.60. The van der Waals surface area contributed by atoms with Gasteiger partial charge in [0, 0.05) is 24.2 Å². The van der Waals surface area contributed by atoms with Crippen LogP contribution in [0.5, 0.6) is 0 Å². The Morgan fingerprint density at radius 3 is 2.75 bits per heavy atom. The number of methoxy groups -OCH3 is 1. The molecule has 0 radical (unpaired) electrons. The largest absolute Gasteiger partial charge is 0.462 e. The first kappa shape index (κ1) is 24.0. The number of esters is 1. The number of fused-ring (bicyclic) bond motifs is 1. The second kappa shape index (κ2) is 11.3. The van der Waals surface area contributed by atoms with E-state index in [2.05, 4.69) is 16.0 Å². The molecule has 2 amide bonds. The van der Waals surface area contributed by atoms with E-state index in [9.17, 15) is 14.4 Å². The van der Waals surface area contributed by atoms with Crippen molar-refractivity contribution in [1.29, 1.82) is 0 Å². The van der Waals surface area contributed by atoms with Crippen LogP contribution in [0.4, 0.5) is 10.7 Å². The molecule has 0 fully saturated rings. The minimum Gasteiger partial charge on any atom is -0.462 e. The average Bonchev–Trinajstić information content (AvgIpc) is 3.33. The van der Waals surface area contributed by atoms with E-state index < -0.39 is 5.97 Å². The van der Waals surface area contributed by atoms with Crippen molar-refractivity contribution in [2.45, 2.75) is 26.2 Å². The fourth-order valence-electron chi connectivity index (χ4n) is 3.44. The SMILES string of the molecule is CCOC(=O)c1c(NC(=O)CNc2ccc(C(=O)NCCOC)c(Cl)c2)sc2c1CCC2. The number of hydrogen-bond acceptors (Lipinski definition) is 7. The molecule has 1 aliphatic carbocycles. The molecule has 1 aliphatic rings. The van der Waals surface area contributed by atoms with E-state index in [1.54, 1.807) is 32.2 Å². The zero-order valence-electron chi connectivity index (χ0n) is 18.0. The maximum atomic E-state index is 12.5. The number of carbonyl (C=O) groups excluding carboxylic acids is 3. The molecule has 1 heterocycles. The van der Waals surface area contributed by atoms with Gasteiger partial charge in [0.05, 0.1) is 35.9 Å². The van der Waals surface area contributed by atoms with E-state index in [0.717, 1.165) is 29.7 Å². The normalized spacial score (nSPS) is 12.2. The first-order valence-corrected chi connectivity index (χ1v) is 11.6. The van der Waals surface area contributed by atoms with E-state index in [1.807, 2.05) is 0 Å². The summed E-state index contributed by atoms with van der Waals surface area (Å²) >= 11 is 7.66. The van der Waals surface area contributed by atoms with Crippen LogP contribution in [0.1, 0.15) is 44.5 Å². The number of hydrogen-bond donors (Lipinski definition) is 3. The molecule has 0 saturated carbocycles. The highest BCUT2D eigenvalue weighted by atomic mass is 35.5. The van der Waals surface area contributed by atoms with E-state index in [4.69, 9.17) is 21.1 Å². The number of rotatable bonds is 10. The Labute approximate surface area is 195 Å². The second-order valence-corrected chi connectivity index (χ2v) is 8.64. The molecule has 32 heavy (non-hydrogen) atoms. The van der Waals surface area contributed by atoms with Gasteiger partial charge in [-0.15, -0.1) is 11.3 Å². The van der Waals surface area contributed by atoms with Crippen molar-refractivity contribution in [3.8, 4) is 0 Å². The van der Waals surface area contributed by atoms with Gasteiger partial charge in [-0.25, -0.2) is 4.79 Å². The van der Waals surface area contributed by atoms with Gasteiger partial charge in [0.1, 0.15) is 5.00 Å². The number of benzene rings is 1. The molecule has 0 saturated heterocycles. The van der Waals surface area contributed by atoms with Crippen molar-refractivity contribution in [2.75, 3.05) is 44.0 Å². The van der Waals surface area contributed by atoms with Gasteiger partial charge in [-0.1, -0.05) is 11.6 Å². The molecule has 0 aliphatic heterocycles. The fraction of sp³-hybridized carbons (Fsp3) is 0.409. The molecular formula is C22H26ClN3O5S. The van der Waals surface area contributed by atoms with Crippen molar-refractivity contribution < 1.29 is 23.9 Å². The summed E-state index contributed by atoms with van der Waals surface area (Å²) < 4.78 is 10.1. The smallest absolute Gasteiger partial charge is 0.341 e. The van der Waals surface area contributed by atoms with Crippen LogP contribution >= 0.6 is 22.9 Å². The predicted molar refractivity (Wildman–Crippen MR) is 125 cm³/mol. The van der Waals surface area contributed by atoms with Crippen LogP contribution in [0.2, 0.25) is 5.02 Å². The van der Waals surface area contributed by atoms with Crippen LogP contribution in [-0.2, 0) is 27.1 Å². The topological polar surface area (TPSA) is 106 Å². The Bertz CT molecular complexity index is 1010. The Hall–Kier alpha value is -2.62. The zero-order chi connectivity index (χ0) is 23.1. The number of halogens is 1. The third-order valence-corrected chi connectivity index (χ3v) is 6.43. The summed E-state index contributed by atoms with van der Waals surface area (Å²) in [5.74, 6) is -0.997. The van der Waals surface area contributed by atoms with E-state index in [0.29, 0.717) is 35.0 Å². The lowest BCUT2D eigenvalue weighted by molar-refractivity contribution is -0.114. The fourth-order valence-corrected chi connectivity index (χ4v) is 5.00. The highest BCUT2D eigenvalue weighted by Gasteiger charge is 2.28. The van der Waals surface area contributed by atoms with Crippen molar-refractivity contribution >= 4 is 51.4 Å². The van der Waals surface area contributed by atoms with Crippen molar-refractivity contribution in [2.24, 2.45) is 0 Å². The lowest BCUT2D eigenvalue weighted by Crippen LogP contribution is -2.27. The van der Waals surface area contributed by atoms with Gasteiger partial charge in [0.2, 0.25) is 5.91 Å². The lowest BCUT2D eigenvalue weighted by Gasteiger charge is -2.11. The number of anilines is 2. The third-order valence-electron chi connectivity index (χ3n) is 4.91. The van der Waals surface area contributed by atoms with Gasteiger partial charge in [0.25, 0.3) is 5.91 Å². The Kier molecular flexibility index (Phi) is 8.49. The van der Waals surface area contributed by atoms with E-state index >= 15 is 0 Å². The van der Waals surface area contributed by atoms with Gasteiger partial charge >= 0.3 is 5.97 Å².